The fourth-order valence-electron chi connectivity index (χ4n) is 1.98. The summed E-state index contributed by atoms with van der Waals surface area (Å²) < 4.78 is 5.33. The first-order chi connectivity index (χ1) is 12.9. The van der Waals surface area contributed by atoms with Crippen LogP contribution >= 0.6 is 0 Å². The smallest absolute Gasteiger partial charge is 0.269 e. The number of hydrogen-bond acceptors (Lipinski definition) is 6. The van der Waals surface area contributed by atoms with Gasteiger partial charge < -0.3 is 10.1 Å². The van der Waals surface area contributed by atoms with Crippen LogP contribution in [0, 0.1) is 17.0 Å². The van der Waals surface area contributed by atoms with Crippen molar-refractivity contribution in [2.45, 2.75) is 6.92 Å². The van der Waals surface area contributed by atoms with Gasteiger partial charge in [0, 0.05) is 12.1 Å². The van der Waals surface area contributed by atoms with Gasteiger partial charge in [-0.15, -0.1) is 0 Å². The molecule has 0 fully saturated rings. The largest absolute Gasteiger partial charge is 0.484 e. The number of amides is 2. The molecule has 0 heterocycles. The molecule has 0 bridgehead atoms. The van der Waals surface area contributed by atoms with Gasteiger partial charge >= 0.3 is 0 Å². The van der Waals surface area contributed by atoms with E-state index >= 15 is 0 Å². The zero-order valence-electron chi connectivity index (χ0n) is 14.5. The molecule has 2 aromatic carbocycles. The van der Waals surface area contributed by atoms with Crippen LogP contribution in [0.4, 0.5) is 5.69 Å². The second-order valence-electron chi connectivity index (χ2n) is 5.52. The molecule has 0 saturated heterocycles. The van der Waals surface area contributed by atoms with Gasteiger partial charge in [-0.25, -0.2) is 5.43 Å². The minimum absolute atomic E-state index is 0.0354. The average molecular weight is 370 g/mol. The maximum atomic E-state index is 11.7. The van der Waals surface area contributed by atoms with Crippen LogP contribution in [-0.4, -0.2) is 36.1 Å². The van der Waals surface area contributed by atoms with Crippen molar-refractivity contribution >= 4 is 23.7 Å². The lowest BCUT2D eigenvalue weighted by atomic mass is 10.2. The van der Waals surface area contributed by atoms with E-state index in [-0.39, 0.29) is 18.8 Å². The van der Waals surface area contributed by atoms with Crippen LogP contribution in [0.1, 0.15) is 11.1 Å². The predicted molar refractivity (Wildman–Crippen MR) is 98.5 cm³/mol. The Kier molecular flexibility index (Phi) is 7.00. The summed E-state index contributed by atoms with van der Waals surface area (Å²) in [6.07, 6.45) is 1.34. The Morgan fingerprint density at radius 3 is 2.59 bits per heavy atom. The Morgan fingerprint density at radius 1 is 1.19 bits per heavy atom. The maximum Gasteiger partial charge on any atom is 0.269 e. The van der Waals surface area contributed by atoms with Crippen LogP contribution in [0.25, 0.3) is 0 Å². The lowest BCUT2D eigenvalue weighted by Gasteiger charge is -2.07. The third-order valence-corrected chi connectivity index (χ3v) is 3.31. The molecule has 0 aliphatic carbocycles. The molecule has 27 heavy (non-hydrogen) atoms. The molecule has 0 aromatic heterocycles. The lowest BCUT2D eigenvalue weighted by molar-refractivity contribution is -0.384. The number of carbonyl (C=O) groups is 2. The monoisotopic (exact) mass is 370 g/mol. The highest BCUT2D eigenvalue weighted by atomic mass is 16.6. The molecule has 0 atom stereocenters. The van der Waals surface area contributed by atoms with E-state index in [1.165, 1.54) is 30.5 Å². The quantitative estimate of drug-likeness (QED) is 0.415. The molecule has 0 saturated carbocycles. The summed E-state index contributed by atoms with van der Waals surface area (Å²) in [5.74, 6) is -0.384. The number of benzene rings is 2. The summed E-state index contributed by atoms with van der Waals surface area (Å²) >= 11 is 0. The third kappa shape index (κ3) is 6.94. The average Bonchev–Trinajstić information content (AvgIpc) is 2.65. The van der Waals surface area contributed by atoms with Crippen LogP contribution in [0.3, 0.4) is 0 Å². The molecule has 0 aliphatic heterocycles. The second-order valence-corrected chi connectivity index (χ2v) is 5.52. The SMILES string of the molecule is Cc1cccc(OCC(=O)NCC(=O)NN=Cc2ccc([N+](=O)[O-])cc2)c1. The van der Waals surface area contributed by atoms with Crippen molar-refractivity contribution in [2.24, 2.45) is 5.10 Å². The van der Waals surface area contributed by atoms with Crippen LogP contribution in [0.5, 0.6) is 5.75 Å². The van der Waals surface area contributed by atoms with Crippen molar-refractivity contribution in [2.75, 3.05) is 13.2 Å². The third-order valence-electron chi connectivity index (χ3n) is 3.31. The van der Waals surface area contributed by atoms with Gasteiger partial charge in [-0.05, 0) is 42.3 Å². The highest BCUT2D eigenvalue weighted by Crippen LogP contribution is 2.12. The van der Waals surface area contributed by atoms with E-state index in [0.717, 1.165) is 5.56 Å². The fourth-order valence-corrected chi connectivity index (χ4v) is 1.98. The van der Waals surface area contributed by atoms with E-state index in [4.69, 9.17) is 4.74 Å². The predicted octanol–water partition coefficient (Wildman–Crippen LogP) is 1.55. The molecular weight excluding hydrogens is 352 g/mol. The molecule has 9 heteroatoms. The van der Waals surface area contributed by atoms with Crippen LogP contribution in [0.2, 0.25) is 0 Å². The van der Waals surface area contributed by atoms with E-state index in [1.54, 1.807) is 12.1 Å². The Morgan fingerprint density at radius 2 is 1.93 bits per heavy atom. The molecule has 140 valence electrons. The number of hydrazone groups is 1. The molecular formula is C18H18N4O5. The molecule has 2 aromatic rings. The van der Waals surface area contributed by atoms with Crippen molar-refractivity contribution in [1.82, 2.24) is 10.7 Å². The molecule has 0 aliphatic rings. The first-order valence-corrected chi connectivity index (χ1v) is 7.96. The number of hydrogen-bond donors (Lipinski definition) is 2. The number of nitro benzene ring substituents is 1. The minimum atomic E-state index is -0.517. The van der Waals surface area contributed by atoms with Crippen molar-refractivity contribution in [3.05, 3.63) is 69.8 Å². The number of nitrogens with one attached hydrogen (secondary N) is 2. The van der Waals surface area contributed by atoms with Crippen molar-refractivity contribution < 1.29 is 19.2 Å². The number of ether oxygens (including phenoxy) is 1. The van der Waals surface area contributed by atoms with Gasteiger partial charge in [0.2, 0.25) is 0 Å². The van der Waals surface area contributed by atoms with E-state index in [9.17, 15) is 19.7 Å². The van der Waals surface area contributed by atoms with Crippen LogP contribution < -0.4 is 15.5 Å². The number of carbonyl (C=O) groups excluding carboxylic acids is 2. The zero-order valence-corrected chi connectivity index (χ0v) is 14.5. The molecule has 2 rings (SSSR count). The summed E-state index contributed by atoms with van der Waals surface area (Å²) in [7, 11) is 0. The first kappa shape index (κ1) is 19.6. The van der Waals surface area contributed by atoms with Gasteiger partial charge in [0.1, 0.15) is 5.75 Å². The van der Waals surface area contributed by atoms with E-state index in [2.05, 4.69) is 15.8 Å². The number of nitrogens with zero attached hydrogens (tertiary/aromatic N) is 2. The summed E-state index contributed by atoms with van der Waals surface area (Å²) in [4.78, 5) is 33.4. The molecule has 9 nitrogen and oxygen atoms in total. The molecule has 2 amide bonds. The standard InChI is InChI=1S/C18H18N4O5/c1-13-3-2-4-16(9-13)27-12-18(24)19-11-17(23)21-20-10-14-5-7-15(8-6-14)22(25)26/h2-10H,11-12H2,1H3,(H,19,24)(H,21,23). The van der Waals surface area contributed by atoms with Crippen molar-refractivity contribution in [1.29, 1.82) is 0 Å². The summed E-state index contributed by atoms with van der Waals surface area (Å²) in [6, 6.07) is 12.9. The second kappa shape index (κ2) is 9.66. The highest BCUT2D eigenvalue weighted by molar-refractivity contribution is 5.86. The highest BCUT2D eigenvalue weighted by Gasteiger charge is 2.06. The minimum Gasteiger partial charge on any atom is -0.484 e. The van der Waals surface area contributed by atoms with E-state index in [0.29, 0.717) is 11.3 Å². The molecule has 0 unspecified atom stereocenters. The maximum absolute atomic E-state index is 11.7. The van der Waals surface area contributed by atoms with E-state index in [1.807, 2.05) is 19.1 Å². The summed E-state index contributed by atoms with van der Waals surface area (Å²) in [5.41, 5.74) is 3.80. The van der Waals surface area contributed by atoms with Gasteiger partial charge in [-0.2, -0.15) is 5.10 Å². The Labute approximate surface area is 155 Å². The normalized spacial score (nSPS) is 10.4. The van der Waals surface area contributed by atoms with Crippen LogP contribution in [-0.2, 0) is 9.59 Å². The number of aryl methyl sites for hydroxylation is 1. The Balaban J connectivity index is 1.69. The number of rotatable bonds is 8. The molecule has 2 N–H and O–H groups in total. The van der Waals surface area contributed by atoms with E-state index < -0.39 is 16.7 Å². The molecule has 0 radical (unpaired) electrons. The van der Waals surface area contributed by atoms with Gasteiger partial charge in [0.15, 0.2) is 6.61 Å². The lowest BCUT2D eigenvalue weighted by Crippen LogP contribution is -2.37. The first-order valence-electron chi connectivity index (χ1n) is 7.96. The Bertz CT molecular complexity index is 849. The van der Waals surface area contributed by atoms with Crippen molar-refractivity contribution in [3.8, 4) is 5.75 Å². The van der Waals surface area contributed by atoms with Crippen molar-refractivity contribution in [3.63, 3.8) is 0 Å². The van der Waals surface area contributed by atoms with Crippen LogP contribution in [0.15, 0.2) is 53.6 Å². The van der Waals surface area contributed by atoms with Gasteiger partial charge in [-0.3, -0.25) is 19.7 Å². The van der Waals surface area contributed by atoms with Gasteiger partial charge in [-0.1, -0.05) is 12.1 Å². The topological polar surface area (TPSA) is 123 Å². The zero-order chi connectivity index (χ0) is 19.6. The van der Waals surface area contributed by atoms with Gasteiger partial charge in [0.25, 0.3) is 17.5 Å². The molecule has 0 spiro atoms. The number of non-ortho nitro benzene ring substituents is 1. The summed E-state index contributed by atoms with van der Waals surface area (Å²) in [5, 5.41) is 16.7. The Hall–Kier alpha value is -3.75. The summed E-state index contributed by atoms with van der Waals surface area (Å²) in [6.45, 7) is 1.45. The fraction of sp³-hybridized carbons (Fsp3) is 0.167. The van der Waals surface area contributed by atoms with Gasteiger partial charge in [0.05, 0.1) is 17.7 Å². The number of nitro groups is 1.